The summed E-state index contributed by atoms with van der Waals surface area (Å²) in [5.41, 5.74) is 2.78. The third-order valence-electron chi connectivity index (χ3n) is 2.87. The van der Waals surface area contributed by atoms with Crippen LogP contribution in [0.15, 0.2) is 28.7 Å². The van der Waals surface area contributed by atoms with E-state index >= 15 is 0 Å². The Hall–Kier alpha value is -1.69. The van der Waals surface area contributed by atoms with Crippen LogP contribution in [-0.2, 0) is 22.1 Å². The van der Waals surface area contributed by atoms with Gasteiger partial charge in [-0.05, 0) is 47.7 Å². The van der Waals surface area contributed by atoms with E-state index in [1.165, 1.54) is 23.6 Å². The number of nitrogens with one attached hydrogen (secondary N) is 1. The van der Waals surface area contributed by atoms with Gasteiger partial charge in [-0.3, -0.25) is 10.2 Å². The van der Waals surface area contributed by atoms with E-state index in [4.69, 9.17) is 4.74 Å². The minimum atomic E-state index is -4.41. The number of anilines is 1. The van der Waals surface area contributed by atoms with Crippen molar-refractivity contribution < 1.29 is 22.7 Å². The number of halogens is 4. The van der Waals surface area contributed by atoms with Crippen molar-refractivity contribution in [2.45, 2.75) is 19.5 Å². The predicted octanol–water partition coefficient (Wildman–Crippen LogP) is 4.32. The van der Waals surface area contributed by atoms with Crippen molar-refractivity contribution in [3.05, 3.63) is 44.0 Å². The number of hydrogen-bond donors (Lipinski definition) is 1. The molecule has 134 valence electrons. The van der Waals surface area contributed by atoms with Gasteiger partial charge in [0.1, 0.15) is 0 Å². The lowest BCUT2D eigenvalue weighted by molar-refractivity contribution is -0.142. The van der Waals surface area contributed by atoms with E-state index in [-0.39, 0.29) is 12.4 Å². The first-order valence-corrected chi connectivity index (χ1v) is 9.01. The molecule has 0 aliphatic carbocycles. The zero-order valence-corrected chi connectivity index (χ0v) is 15.9. The summed E-state index contributed by atoms with van der Waals surface area (Å²) in [7, 11) is 0. The average molecular weight is 483 g/mol. The molecule has 1 heterocycles. The highest BCUT2D eigenvalue weighted by Crippen LogP contribution is 2.30. The summed E-state index contributed by atoms with van der Waals surface area (Å²) in [6.45, 7) is 2.02. The van der Waals surface area contributed by atoms with Gasteiger partial charge in [0, 0.05) is 14.5 Å². The Kier molecular flexibility index (Phi) is 6.76. The van der Waals surface area contributed by atoms with Gasteiger partial charge in [-0.25, -0.2) is 4.98 Å². The summed E-state index contributed by atoms with van der Waals surface area (Å²) in [4.78, 5) is 15.5. The van der Waals surface area contributed by atoms with Crippen LogP contribution in [0.1, 0.15) is 23.7 Å². The number of nitrogens with zero attached hydrogens (tertiary/aromatic N) is 2. The minimum Gasteiger partial charge on any atom is -0.466 e. The smallest absolute Gasteiger partial charge is 0.416 e. The Balaban J connectivity index is 2.02. The fourth-order valence-corrected chi connectivity index (χ4v) is 2.91. The van der Waals surface area contributed by atoms with Crippen molar-refractivity contribution in [2.75, 3.05) is 12.0 Å². The van der Waals surface area contributed by atoms with Gasteiger partial charge in [0.05, 0.1) is 30.5 Å². The fraction of sp³-hybridized carbons (Fsp3) is 0.267. The maximum absolute atomic E-state index is 12.7. The molecule has 1 aromatic heterocycles. The Morgan fingerprint density at radius 1 is 1.48 bits per heavy atom. The summed E-state index contributed by atoms with van der Waals surface area (Å²) in [6.07, 6.45) is -3.05. The molecular weight excluding hydrogens is 470 g/mol. The van der Waals surface area contributed by atoms with E-state index in [1.807, 2.05) is 22.6 Å². The van der Waals surface area contributed by atoms with Gasteiger partial charge in [-0.2, -0.15) is 18.3 Å². The van der Waals surface area contributed by atoms with Crippen molar-refractivity contribution in [1.82, 2.24) is 4.98 Å². The second-order valence-corrected chi connectivity index (χ2v) is 6.75. The SMILES string of the molecule is CCOC(=O)Cc1csc(NN=Cc2cc(C(F)(F)F)ccc2I)n1. The molecule has 25 heavy (non-hydrogen) atoms. The molecule has 0 atom stereocenters. The summed E-state index contributed by atoms with van der Waals surface area (Å²) >= 11 is 3.16. The van der Waals surface area contributed by atoms with E-state index in [0.29, 0.717) is 26.6 Å². The van der Waals surface area contributed by atoms with E-state index in [0.717, 1.165) is 12.1 Å². The number of carbonyl (C=O) groups excluding carboxylic acids is 1. The average Bonchev–Trinajstić information content (AvgIpc) is 2.95. The van der Waals surface area contributed by atoms with E-state index < -0.39 is 11.7 Å². The van der Waals surface area contributed by atoms with Gasteiger partial charge >= 0.3 is 12.1 Å². The third kappa shape index (κ3) is 5.96. The number of hydrogen-bond acceptors (Lipinski definition) is 6. The van der Waals surface area contributed by atoms with Gasteiger partial charge in [0.25, 0.3) is 0 Å². The molecule has 0 unspecified atom stereocenters. The van der Waals surface area contributed by atoms with Crippen molar-refractivity contribution in [2.24, 2.45) is 5.10 Å². The lowest BCUT2D eigenvalue weighted by atomic mass is 10.1. The maximum Gasteiger partial charge on any atom is 0.416 e. The van der Waals surface area contributed by atoms with Crippen molar-refractivity contribution >= 4 is 51.2 Å². The molecule has 0 saturated heterocycles. The van der Waals surface area contributed by atoms with Gasteiger partial charge in [-0.15, -0.1) is 11.3 Å². The third-order valence-corrected chi connectivity index (χ3v) is 4.65. The molecule has 0 spiro atoms. The van der Waals surface area contributed by atoms with Crippen LogP contribution in [0.4, 0.5) is 18.3 Å². The van der Waals surface area contributed by atoms with E-state index in [2.05, 4.69) is 15.5 Å². The minimum absolute atomic E-state index is 0.0568. The number of alkyl halides is 3. The number of rotatable bonds is 6. The van der Waals surface area contributed by atoms with Crippen LogP contribution in [0, 0.1) is 3.57 Å². The maximum atomic E-state index is 12.7. The van der Waals surface area contributed by atoms with Gasteiger partial charge in [-0.1, -0.05) is 0 Å². The molecule has 2 rings (SSSR count). The van der Waals surface area contributed by atoms with Gasteiger partial charge in [0.15, 0.2) is 0 Å². The molecule has 1 N–H and O–H groups in total. The summed E-state index contributed by atoms with van der Waals surface area (Å²) in [5.74, 6) is -0.374. The zero-order chi connectivity index (χ0) is 18.4. The van der Waals surface area contributed by atoms with Crippen LogP contribution in [-0.4, -0.2) is 23.8 Å². The molecule has 1 aromatic carbocycles. The second kappa shape index (κ2) is 8.61. The number of benzene rings is 1. The summed E-state index contributed by atoms with van der Waals surface area (Å²) in [5, 5.41) is 6.02. The predicted molar refractivity (Wildman–Crippen MR) is 97.8 cm³/mol. The molecule has 0 amide bonds. The molecular formula is C15H13F3IN3O2S. The molecule has 0 saturated carbocycles. The van der Waals surface area contributed by atoms with Crippen molar-refractivity contribution in [1.29, 1.82) is 0 Å². The normalized spacial score (nSPS) is 11.7. The molecule has 0 fully saturated rings. The van der Waals surface area contributed by atoms with Crippen LogP contribution < -0.4 is 5.43 Å². The highest BCUT2D eigenvalue weighted by Gasteiger charge is 2.30. The fourth-order valence-electron chi connectivity index (χ4n) is 1.78. The summed E-state index contributed by atoms with van der Waals surface area (Å²) in [6, 6.07) is 3.43. The van der Waals surface area contributed by atoms with Gasteiger partial charge < -0.3 is 4.74 Å². The first-order chi connectivity index (χ1) is 11.8. The molecule has 0 aliphatic rings. The molecule has 0 aliphatic heterocycles. The summed E-state index contributed by atoms with van der Waals surface area (Å²) < 4.78 is 43.7. The quantitative estimate of drug-likeness (QED) is 0.288. The highest BCUT2D eigenvalue weighted by atomic mass is 127. The second-order valence-electron chi connectivity index (χ2n) is 4.73. The van der Waals surface area contributed by atoms with E-state index in [9.17, 15) is 18.0 Å². The first kappa shape index (κ1) is 19.6. The number of hydrazone groups is 1. The van der Waals surface area contributed by atoms with Crippen molar-refractivity contribution in [3.63, 3.8) is 0 Å². The lowest BCUT2D eigenvalue weighted by Gasteiger charge is -2.08. The molecule has 5 nitrogen and oxygen atoms in total. The number of carbonyl (C=O) groups is 1. The van der Waals surface area contributed by atoms with Crippen LogP contribution >= 0.6 is 33.9 Å². The van der Waals surface area contributed by atoms with Crippen LogP contribution in [0.2, 0.25) is 0 Å². The van der Waals surface area contributed by atoms with Crippen LogP contribution in [0.5, 0.6) is 0 Å². The molecule has 0 bridgehead atoms. The van der Waals surface area contributed by atoms with E-state index in [1.54, 1.807) is 12.3 Å². The monoisotopic (exact) mass is 483 g/mol. The number of aromatic nitrogens is 1. The Morgan fingerprint density at radius 3 is 2.92 bits per heavy atom. The number of thiazole rings is 1. The first-order valence-electron chi connectivity index (χ1n) is 7.05. The largest absolute Gasteiger partial charge is 0.466 e. The molecule has 2 aromatic rings. The van der Waals surface area contributed by atoms with Crippen LogP contribution in [0.3, 0.4) is 0 Å². The van der Waals surface area contributed by atoms with Crippen LogP contribution in [0.25, 0.3) is 0 Å². The Labute approximate surface area is 159 Å². The van der Waals surface area contributed by atoms with Crippen molar-refractivity contribution in [3.8, 4) is 0 Å². The highest BCUT2D eigenvalue weighted by molar-refractivity contribution is 14.1. The Bertz CT molecular complexity index is 778. The standard InChI is InChI=1S/C15H13F3IN3O2S/c1-2-24-13(23)6-11-8-25-14(21-11)22-20-7-9-5-10(15(16,17)18)3-4-12(9)19/h3-5,7-8H,2,6H2,1H3,(H,21,22). The number of ether oxygens (including phenoxy) is 1. The van der Waals surface area contributed by atoms with Gasteiger partial charge in [0.2, 0.25) is 5.13 Å². The molecule has 0 radical (unpaired) electrons. The zero-order valence-electron chi connectivity index (χ0n) is 12.9. The lowest BCUT2D eigenvalue weighted by Crippen LogP contribution is -2.07. The topological polar surface area (TPSA) is 63.6 Å². The Morgan fingerprint density at radius 2 is 2.24 bits per heavy atom. The number of esters is 1. The molecule has 10 heteroatoms.